The highest BCUT2D eigenvalue weighted by Crippen LogP contribution is 2.50. The van der Waals surface area contributed by atoms with Gasteiger partial charge in [0, 0.05) is 5.38 Å². The van der Waals surface area contributed by atoms with Crippen LogP contribution in [0.15, 0.2) is 5.38 Å². The molecule has 0 amide bonds. The van der Waals surface area contributed by atoms with Gasteiger partial charge in [0.25, 0.3) is 0 Å². The summed E-state index contributed by atoms with van der Waals surface area (Å²) in [5.74, 6) is 0. The van der Waals surface area contributed by atoms with Crippen LogP contribution in [0.1, 0.15) is 30.7 Å². The van der Waals surface area contributed by atoms with Gasteiger partial charge in [0.1, 0.15) is 6.10 Å². The Bertz CT molecular complexity index is 385. The summed E-state index contributed by atoms with van der Waals surface area (Å²) >= 11 is 1.44. The molecule has 1 aromatic heterocycles. The molecule has 1 aromatic rings. The predicted octanol–water partition coefficient (Wildman–Crippen LogP) is 2.75. The van der Waals surface area contributed by atoms with Gasteiger partial charge < -0.3 is 14.2 Å². The molecule has 0 aromatic carbocycles. The molecule has 1 rings (SSSR count). The van der Waals surface area contributed by atoms with Crippen LogP contribution < -0.4 is 0 Å². The SMILES string of the molecule is CCOP(=O)(CC(O)c1csc(C)n1)OCC. The number of aryl methyl sites for hydroxylation is 1. The zero-order valence-electron chi connectivity index (χ0n) is 10.3. The van der Waals surface area contributed by atoms with E-state index in [2.05, 4.69) is 4.98 Å². The Morgan fingerprint density at radius 1 is 1.47 bits per heavy atom. The Kier molecular flexibility index (Phi) is 5.76. The Labute approximate surface area is 105 Å². The second-order valence-electron chi connectivity index (χ2n) is 3.44. The Morgan fingerprint density at radius 3 is 2.47 bits per heavy atom. The first kappa shape index (κ1) is 14.8. The Hall–Kier alpha value is -0.260. The molecule has 0 saturated carbocycles. The Morgan fingerprint density at radius 2 is 2.06 bits per heavy atom. The highest BCUT2D eigenvalue weighted by molar-refractivity contribution is 7.53. The number of nitrogens with zero attached hydrogens (tertiary/aromatic N) is 1. The monoisotopic (exact) mass is 279 g/mol. The van der Waals surface area contributed by atoms with Crippen LogP contribution in [-0.4, -0.2) is 29.5 Å². The van der Waals surface area contributed by atoms with Crippen molar-refractivity contribution in [1.29, 1.82) is 0 Å². The summed E-state index contributed by atoms with van der Waals surface area (Å²) in [6.45, 7) is 5.92. The molecule has 0 saturated heterocycles. The van der Waals surface area contributed by atoms with E-state index >= 15 is 0 Å². The first-order valence-electron chi connectivity index (χ1n) is 5.49. The summed E-state index contributed by atoms with van der Waals surface area (Å²) in [5, 5.41) is 12.5. The molecule has 1 atom stereocenters. The largest absolute Gasteiger partial charge is 0.386 e. The molecule has 1 heterocycles. The summed E-state index contributed by atoms with van der Waals surface area (Å²) in [7, 11) is -3.22. The van der Waals surface area contributed by atoms with Gasteiger partial charge in [-0.25, -0.2) is 4.98 Å². The molecule has 0 bridgehead atoms. The van der Waals surface area contributed by atoms with Crippen molar-refractivity contribution in [2.75, 3.05) is 19.4 Å². The minimum Gasteiger partial charge on any atom is -0.386 e. The van der Waals surface area contributed by atoms with Crippen molar-refractivity contribution in [3.63, 3.8) is 0 Å². The molecule has 0 radical (unpaired) electrons. The highest BCUT2D eigenvalue weighted by atomic mass is 32.1. The first-order valence-corrected chi connectivity index (χ1v) is 8.09. The van der Waals surface area contributed by atoms with Crippen LogP contribution in [-0.2, 0) is 13.6 Å². The topological polar surface area (TPSA) is 68.7 Å². The Balaban J connectivity index is 2.70. The fraction of sp³-hybridized carbons (Fsp3) is 0.700. The lowest BCUT2D eigenvalue weighted by Gasteiger charge is -2.19. The lowest BCUT2D eigenvalue weighted by Crippen LogP contribution is -2.09. The number of aliphatic hydroxyl groups is 1. The zero-order valence-corrected chi connectivity index (χ0v) is 12.0. The van der Waals surface area contributed by atoms with Crippen LogP contribution in [0, 0.1) is 6.92 Å². The first-order chi connectivity index (χ1) is 8.00. The highest BCUT2D eigenvalue weighted by Gasteiger charge is 2.29. The van der Waals surface area contributed by atoms with E-state index in [1.165, 1.54) is 11.3 Å². The van der Waals surface area contributed by atoms with Crippen molar-refractivity contribution in [1.82, 2.24) is 4.98 Å². The molecule has 98 valence electrons. The van der Waals surface area contributed by atoms with Crippen molar-refractivity contribution < 1.29 is 18.7 Å². The number of hydrogen-bond donors (Lipinski definition) is 1. The van der Waals surface area contributed by atoms with E-state index in [-0.39, 0.29) is 6.16 Å². The normalized spacial score (nSPS) is 13.9. The molecule has 0 spiro atoms. The number of rotatable bonds is 7. The molecular formula is C10H18NO4PS. The molecule has 1 unspecified atom stereocenters. The number of thiazole rings is 1. The molecule has 0 fully saturated rings. The second-order valence-corrected chi connectivity index (χ2v) is 6.60. The summed E-state index contributed by atoms with van der Waals surface area (Å²) in [4.78, 5) is 4.15. The lowest BCUT2D eigenvalue weighted by atomic mass is 10.3. The average molecular weight is 279 g/mol. The average Bonchev–Trinajstić information content (AvgIpc) is 2.65. The van der Waals surface area contributed by atoms with Gasteiger partial charge in [-0.2, -0.15) is 0 Å². The fourth-order valence-electron chi connectivity index (χ4n) is 1.37. The van der Waals surface area contributed by atoms with Gasteiger partial charge in [-0.05, 0) is 20.8 Å². The maximum atomic E-state index is 12.2. The van der Waals surface area contributed by atoms with Crippen LogP contribution >= 0.6 is 18.9 Å². The van der Waals surface area contributed by atoms with Gasteiger partial charge in [-0.1, -0.05) is 0 Å². The fourth-order valence-corrected chi connectivity index (χ4v) is 3.72. The minimum atomic E-state index is -3.22. The van der Waals surface area contributed by atoms with E-state index in [1.807, 2.05) is 6.92 Å². The molecule has 0 aliphatic carbocycles. The summed E-state index contributed by atoms with van der Waals surface area (Å²) in [6.07, 6.45) is -0.971. The molecule has 0 aliphatic rings. The quantitative estimate of drug-likeness (QED) is 0.777. The van der Waals surface area contributed by atoms with Crippen molar-refractivity contribution in [2.24, 2.45) is 0 Å². The number of aromatic nitrogens is 1. The van der Waals surface area contributed by atoms with E-state index in [1.54, 1.807) is 19.2 Å². The smallest absolute Gasteiger partial charge is 0.333 e. The van der Waals surface area contributed by atoms with E-state index in [0.29, 0.717) is 18.9 Å². The van der Waals surface area contributed by atoms with Crippen molar-refractivity contribution in [3.8, 4) is 0 Å². The van der Waals surface area contributed by atoms with Gasteiger partial charge >= 0.3 is 7.60 Å². The number of hydrogen-bond acceptors (Lipinski definition) is 6. The minimum absolute atomic E-state index is 0.0577. The van der Waals surface area contributed by atoms with E-state index in [9.17, 15) is 9.67 Å². The van der Waals surface area contributed by atoms with Gasteiger partial charge in [-0.3, -0.25) is 4.57 Å². The molecule has 1 N–H and O–H groups in total. The maximum absolute atomic E-state index is 12.2. The second kappa shape index (κ2) is 6.61. The van der Waals surface area contributed by atoms with E-state index < -0.39 is 13.7 Å². The third kappa shape index (κ3) is 4.48. The van der Waals surface area contributed by atoms with Crippen molar-refractivity contribution in [2.45, 2.75) is 26.9 Å². The maximum Gasteiger partial charge on any atom is 0.333 e. The van der Waals surface area contributed by atoms with Crippen LogP contribution in [0.3, 0.4) is 0 Å². The van der Waals surface area contributed by atoms with Crippen LogP contribution in [0.5, 0.6) is 0 Å². The number of aliphatic hydroxyl groups excluding tert-OH is 1. The molecule has 5 nitrogen and oxygen atoms in total. The van der Waals surface area contributed by atoms with Gasteiger partial charge in [0.15, 0.2) is 0 Å². The third-order valence-corrected chi connectivity index (χ3v) is 4.91. The predicted molar refractivity (Wildman–Crippen MR) is 67.5 cm³/mol. The summed E-state index contributed by atoms with van der Waals surface area (Å²) in [5.41, 5.74) is 0.520. The molecular weight excluding hydrogens is 261 g/mol. The van der Waals surface area contributed by atoms with Gasteiger partial charge in [-0.15, -0.1) is 11.3 Å². The molecule has 7 heteroatoms. The van der Waals surface area contributed by atoms with Gasteiger partial charge in [0.05, 0.1) is 30.1 Å². The summed E-state index contributed by atoms with van der Waals surface area (Å²) < 4.78 is 22.4. The van der Waals surface area contributed by atoms with Crippen molar-refractivity contribution in [3.05, 3.63) is 16.1 Å². The van der Waals surface area contributed by atoms with Crippen LogP contribution in [0.4, 0.5) is 0 Å². The van der Waals surface area contributed by atoms with E-state index in [0.717, 1.165) is 5.01 Å². The van der Waals surface area contributed by atoms with E-state index in [4.69, 9.17) is 9.05 Å². The van der Waals surface area contributed by atoms with Crippen molar-refractivity contribution >= 4 is 18.9 Å². The van der Waals surface area contributed by atoms with Crippen LogP contribution in [0.25, 0.3) is 0 Å². The lowest BCUT2D eigenvalue weighted by molar-refractivity contribution is 0.168. The summed E-state index contributed by atoms with van der Waals surface area (Å²) in [6, 6.07) is 0. The standard InChI is InChI=1S/C10H18NO4PS/c1-4-14-16(13,15-5-2)6-10(12)9-7-17-8(3)11-9/h7,10,12H,4-6H2,1-3H3. The third-order valence-electron chi connectivity index (χ3n) is 2.03. The van der Waals surface area contributed by atoms with Crippen LogP contribution in [0.2, 0.25) is 0 Å². The van der Waals surface area contributed by atoms with Gasteiger partial charge in [0.2, 0.25) is 0 Å². The molecule has 17 heavy (non-hydrogen) atoms. The molecule has 0 aliphatic heterocycles. The zero-order chi connectivity index (χ0) is 12.9.